The van der Waals surface area contributed by atoms with Crippen molar-refractivity contribution in [1.29, 1.82) is 0 Å². The topological polar surface area (TPSA) is 52.0 Å². The molecule has 0 amide bonds. The highest BCUT2D eigenvalue weighted by Crippen LogP contribution is 2.65. The smallest absolute Gasteiger partial charge is 0.161 e. The van der Waals surface area contributed by atoms with E-state index < -0.39 is 0 Å². The molecule has 26 heavy (non-hydrogen) atoms. The number of fused-ring (bicyclic) bond motifs is 5. The van der Waals surface area contributed by atoms with Crippen LogP contribution in [0.25, 0.3) is 0 Å². The molecule has 4 nitrogen and oxygen atoms in total. The Bertz CT molecular complexity index is 795. The number of hydrogen-bond acceptors (Lipinski definition) is 3. The summed E-state index contributed by atoms with van der Waals surface area (Å²) in [5, 5.41) is 0. The van der Waals surface area contributed by atoms with E-state index in [1.54, 1.807) is 12.5 Å². The van der Waals surface area contributed by atoms with Crippen LogP contribution in [0.5, 0.6) is 0 Å². The highest BCUT2D eigenvalue weighted by atomic mass is 16.1. The number of nitrogens with zero attached hydrogens (tertiary/aromatic N) is 2. The maximum Gasteiger partial charge on any atom is 0.161 e. The second-order valence-corrected chi connectivity index (χ2v) is 9.55. The van der Waals surface area contributed by atoms with E-state index in [2.05, 4.69) is 18.8 Å². The van der Waals surface area contributed by atoms with E-state index in [9.17, 15) is 9.59 Å². The first-order valence-electron chi connectivity index (χ1n) is 10.2. The van der Waals surface area contributed by atoms with Crippen molar-refractivity contribution in [2.45, 2.75) is 64.8 Å². The Morgan fingerprint density at radius 2 is 1.92 bits per heavy atom. The molecule has 3 saturated carbocycles. The first-order chi connectivity index (χ1) is 12.4. The van der Waals surface area contributed by atoms with Crippen LogP contribution in [-0.4, -0.2) is 21.1 Å². The van der Waals surface area contributed by atoms with Gasteiger partial charge in [-0.2, -0.15) is 0 Å². The predicted molar refractivity (Wildman–Crippen MR) is 98.4 cm³/mol. The highest BCUT2D eigenvalue weighted by Gasteiger charge is 2.61. The third-order valence-electron chi connectivity index (χ3n) is 8.58. The lowest BCUT2D eigenvalue weighted by atomic mass is 9.47. The maximum atomic E-state index is 13.3. The minimum atomic E-state index is -0.182. The molecule has 1 aromatic rings. The largest absolute Gasteiger partial charge is 0.327 e. The maximum absolute atomic E-state index is 13.3. The van der Waals surface area contributed by atoms with Gasteiger partial charge in [-0.25, -0.2) is 4.98 Å². The Hall–Kier alpha value is -1.71. The number of ketones is 2. The van der Waals surface area contributed by atoms with E-state index in [1.807, 2.05) is 16.8 Å². The quantitative estimate of drug-likeness (QED) is 0.763. The molecule has 0 bridgehead atoms. The van der Waals surface area contributed by atoms with Crippen LogP contribution < -0.4 is 0 Å². The Kier molecular flexibility index (Phi) is 3.42. The third kappa shape index (κ3) is 2.04. The number of imidazole rings is 1. The Morgan fingerprint density at radius 3 is 2.69 bits per heavy atom. The fourth-order valence-corrected chi connectivity index (χ4v) is 7.06. The number of Topliss-reactive ketones (excluding diaryl/α,β-unsaturated/α-hetero) is 1. The van der Waals surface area contributed by atoms with Crippen LogP contribution in [0.2, 0.25) is 0 Å². The average Bonchev–Trinajstić information content (AvgIpc) is 3.23. The second-order valence-electron chi connectivity index (χ2n) is 9.55. The van der Waals surface area contributed by atoms with E-state index in [-0.39, 0.29) is 16.9 Å². The summed E-state index contributed by atoms with van der Waals surface area (Å²) in [4.78, 5) is 29.4. The first kappa shape index (κ1) is 16.5. The summed E-state index contributed by atoms with van der Waals surface area (Å²) >= 11 is 0. The van der Waals surface area contributed by atoms with E-state index >= 15 is 0 Å². The molecular formula is C22H28N2O2. The molecule has 4 aliphatic rings. The van der Waals surface area contributed by atoms with Gasteiger partial charge in [0.1, 0.15) is 0 Å². The summed E-state index contributed by atoms with van der Waals surface area (Å²) in [5.74, 6) is 2.44. The SMILES string of the molecule is C[C@]12CCC(=O)C=C1CC[C@@H]1[C@H]2CC[C@]2(C)C(=O)C(n3ccnc3)C[C@@H]12. The van der Waals surface area contributed by atoms with Crippen LogP contribution >= 0.6 is 0 Å². The summed E-state index contributed by atoms with van der Waals surface area (Å²) in [5.41, 5.74) is 1.39. The van der Waals surface area contributed by atoms with Crippen molar-refractivity contribution >= 4 is 11.6 Å². The minimum Gasteiger partial charge on any atom is -0.327 e. The summed E-state index contributed by atoms with van der Waals surface area (Å²) in [7, 11) is 0. The van der Waals surface area contributed by atoms with Crippen molar-refractivity contribution in [3.05, 3.63) is 30.4 Å². The average molecular weight is 352 g/mol. The molecule has 0 N–H and O–H groups in total. The van der Waals surface area contributed by atoms with Gasteiger partial charge in [0.05, 0.1) is 12.4 Å². The molecule has 5 rings (SSSR count). The van der Waals surface area contributed by atoms with Gasteiger partial charge in [0.25, 0.3) is 0 Å². The van der Waals surface area contributed by atoms with Crippen molar-refractivity contribution in [3.8, 4) is 0 Å². The number of carbonyl (C=O) groups is 2. The summed E-state index contributed by atoms with van der Waals surface area (Å²) in [6.07, 6.45) is 14.4. The van der Waals surface area contributed by atoms with Gasteiger partial charge >= 0.3 is 0 Å². The van der Waals surface area contributed by atoms with Crippen molar-refractivity contribution in [2.24, 2.45) is 28.6 Å². The Morgan fingerprint density at radius 1 is 1.08 bits per heavy atom. The lowest BCUT2D eigenvalue weighted by Gasteiger charge is -2.56. The number of rotatable bonds is 1. The molecule has 0 saturated heterocycles. The third-order valence-corrected chi connectivity index (χ3v) is 8.58. The van der Waals surface area contributed by atoms with Crippen molar-refractivity contribution in [1.82, 2.24) is 9.55 Å². The number of allylic oxidation sites excluding steroid dienone is 1. The van der Waals surface area contributed by atoms with Gasteiger partial charge in [-0.1, -0.05) is 19.4 Å². The number of aromatic nitrogens is 2. The Balaban J connectivity index is 1.50. The van der Waals surface area contributed by atoms with Crippen molar-refractivity contribution < 1.29 is 9.59 Å². The van der Waals surface area contributed by atoms with E-state index in [4.69, 9.17) is 0 Å². The van der Waals surface area contributed by atoms with Gasteiger partial charge in [-0.05, 0) is 67.8 Å². The molecule has 0 aliphatic heterocycles. The molecule has 1 unspecified atom stereocenters. The van der Waals surface area contributed by atoms with Gasteiger partial charge < -0.3 is 4.57 Å². The van der Waals surface area contributed by atoms with Gasteiger partial charge in [0.15, 0.2) is 11.6 Å². The summed E-state index contributed by atoms with van der Waals surface area (Å²) in [6, 6.07) is -0.0380. The first-order valence-corrected chi connectivity index (χ1v) is 10.2. The van der Waals surface area contributed by atoms with Crippen molar-refractivity contribution in [2.75, 3.05) is 0 Å². The zero-order chi connectivity index (χ0) is 18.1. The van der Waals surface area contributed by atoms with E-state index in [0.29, 0.717) is 35.7 Å². The molecule has 138 valence electrons. The second kappa shape index (κ2) is 5.40. The summed E-state index contributed by atoms with van der Waals surface area (Å²) < 4.78 is 2.02. The van der Waals surface area contributed by atoms with Crippen LogP contribution in [0.4, 0.5) is 0 Å². The van der Waals surface area contributed by atoms with E-state index in [0.717, 1.165) is 38.5 Å². The zero-order valence-corrected chi connectivity index (χ0v) is 15.8. The van der Waals surface area contributed by atoms with Crippen molar-refractivity contribution in [3.63, 3.8) is 0 Å². The molecule has 0 radical (unpaired) electrons. The van der Waals surface area contributed by atoms with Crippen LogP contribution in [0.1, 0.15) is 64.8 Å². The van der Waals surface area contributed by atoms with Gasteiger partial charge in [-0.3, -0.25) is 9.59 Å². The monoisotopic (exact) mass is 352 g/mol. The molecule has 1 aromatic heterocycles. The minimum absolute atomic E-state index is 0.0380. The fraction of sp³-hybridized carbons (Fsp3) is 0.682. The Labute approximate surface area is 155 Å². The number of carbonyl (C=O) groups excluding carboxylic acids is 2. The molecule has 4 heteroatoms. The normalized spacial score (nSPS) is 44.9. The molecule has 0 spiro atoms. The standard InChI is InChI=1S/C22H28N2O2/c1-21-7-5-15(25)11-14(21)3-4-16-17(21)6-8-22(2)18(16)12-19(20(22)26)24-10-9-23-13-24/h9-11,13,16-19H,3-8,12H2,1-2H3/t16-,17-,18+,19?,21+,22+/m1/s1. The van der Waals surface area contributed by atoms with Crippen LogP contribution in [0.15, 0.2) is 30.4 Å². The summed E-state index contributed by atoms with van der Waals surface area (Å²) in [6.45, 7) is 4.63. The predicted octanol–water partition coefficient (Wildman–Crippen LogP) is 4.14. The lowest BCUT2D eigenvalue weighted by molar-refractivity contribution is -0.134. The molecule has 1 heterocycles. The molecule has 3 fully saturated rings. The van der Waals surface area contributed by atoms with E-state index in [1.165, 1.54) is 5.57 Å². The van der Waals surface area contributed by atoms with Crippen LogP contribution in [-0.2, 0) is 9.59 Å². The lowest BCUT2D eigenvalue weighted by Crippen LogP contribution is -2.50. The van der Waals surface area contributed by atoms with Gasteiger partial charge in [0, 0.05) is 24.2 Å². The number of hydrogen-bond donors (Lipinski definition) is 0. The van der Waals surface area contributed by atoms with Crippen LogP contribution in [0, 0.1) is 28.6 Å². The highest BCUT2D eigenvalue weighted by molar-refractivity contribution is 5.92. The van der Waals surface area contributed by atoms with Gasteiger partial charge in [-0.15, -0.1) is 0 Å². The molecular weight excluding hydrogens is 324 g/mol. The zero-order valence-electron chi connectivity index (χ0n) is 15.8. The molecule has 4 aliphatic carbocycles. The van der Waals surface area contributed by atoms with Crippen LogP contribution in [0.3, 0.4) is 0 Å². The molecule has 6 atom stereocenters. The molecule has 0 aromatic carbocycles. The van der Waals surface area contributed by atoms with Gasteiger partial charge in [0.2, 0.25) is 0 Å². The fourth-order valence-electron chi connectivity index (χ4n) is 7.06.